The summed E-state index contributed by atoms with van der Waals surface area (Å²) in [5.41, 5.74) is 0.278. The van der Waals surface area contributed by atoms with Crippen molar-refractivity contribution in [3.8, 4) is 0 Å². The van der Waals surface area contributed by atoms with Crippen molar-refractivity contribution in [3.05, 3.63) is 88.4 Å². The van der Waals surface area contributed by atoms with E-state index < -0.39 is 33.3 Å². The molecular formula is C20H15ClF2N2O3S. The summed E-state index contributed by atoms with van der Waals surface area (Å²) in [7, 11) is -4.12. The fraction of sp³-hybridized carbons (Fsp3) is 0.0500. The van der Waals surface area contributed by atoms with E-state index in [1.54, 1.807) is 31.2 Å². The first-order valence-electron chi connectivity index (χ1n) is 8.32. The van der Waals surface area contributed by atoms with Gasteiger partial charge in [0.1, 0.15) is 22.2 Å². The lowest BCUT2D eigenvalue weighted by Crippen LogP contribution is -2.17. The zero-order chi connectivity index (χ0) is 21.2. The van der Waals surface area contributed by atoms with Crippen LogP contribution in [0.15, 0.2) is 65.6 Å². The Morgan fingerprint density at radius 2 is 1.62 bits per heavy atom. The maximum absolute atomic E-state index is 13.8. The van der Waals surface area contributed by atoms with Crippen LogP contribution in [-0.4, -0.2) is 14.3 Å². The van der Waals surface area contributed by atoms with Gasteiger partial charge in [-0.15, -0.1) is 0 Å². The molecule has 0 aliphatic rings. The number of hydrogen-bond acceptors (Lipinski definition) is 3. The highest BCUT2D eigenvalue weighted by Crippen LogP contribution is 2.27. The molecule has 3 aromatic carbocycles. The summed E-state index contributed by atoms with van der Waals surface area (Å²) in [5.74, 6) is -2.80. The van der Waals surface area contributed by atoms with Crippen molar-refractivity contribution >= 4 is 38.9 Å². The molecule has 0 heterocycles. The SMILES string of the molecule is Cc1ccccc1NS(=O)(=O)c1cc(C(=O)Nc2c(F)cccc2F)ccc1Cl. The van der Waals surface area contributed by atoms with Crippen molar-refractivity contribution < 1.29 is 22.0 Å². The monoisotopic (exact) mass is 436 g/mol. The van der Waals surface area contributed by atoms with Gasteiger partial charge in [-0.2, -0.15) is 0 Å². The molecular weight excluding hydrogens is 422 g/mol. The molecule has 150 valence electrons. The number of para-hydroxylation sites is 2. The molecule has 0 aliphatic heterocycles. The summed E-state index contributed by atoms with van der Waals surface area (Å²) in [4.78, 5) is 12.1. The molecule has 0 fully saturated rings. The normalized spacial score (nSPS) is 11.2. The third-order valence-electron chi connectivity index (χ3n) is 4.07. The molecule has 29 heavy (non-hydrogen) atoms. The fourth-order valence-electron chi connectivity index (χ4n) is 2.54. The first-order valence-corrected chi connectivity index (χ1v) is 10.2. The fourth-order valence-corrected chi connectivity index (χ4v) is 4.20. The van der Waals surface area contributed by atoms with E-state index >= 15 is 0 Å². The molecule has 0 saturated carbocycles. The predicted octanol–water partition coefficient (Wildman–Crippen LogP) is 4.98. The smallest absolute Gasteiger partial charge is 0.263 e. The Morgan fingerprint density at radius 3 is 2.28 bits per heavy atom. The number of anilines is 2. The van der Waals surface area contributed by atoms with Crippen molar-refractivity contribution in [3.63, 3.8) is 0 Å². The van der Waals surface area contributed by atoms with Gasteiger partial charge in [-0.3, -0.25) is 9.52 Å². The number of carbonyl (C=O) groups excluding carboxylic acids is 1. The lowest BCUT2D eigenvalue weighted by Gasteiger charge is -2.13. The highest BCUT2D eigenvalue weighted by atomic mass is 35.5. The molecule has 0 atom stereocenters. The topological polar surface area (TPSA) is 75.3 Å². The number of rotatable bonds is 5. The zero-order valence-corrected chi connectivity index (χ0v) is 16.6. The Morgan fingerprint density at radius 1 is 0.966 bits per heavy atom. The summed E-state index contributed by atoms with van der Waals surface area (Å²) in [5, 5.41) is 1.99. The number of nitrogens with one attached hydrogen (secondary N) is 2. The minimum Gasteiger partial charge on any atom is -0.317 e. The molecule has 9 heteroatoms. The summed E-state index contributed by atoms with van der Waals surface area (Å²) in [6.07, 6.45) is 0. The molecule has 0 saturated heterocycles. The van der Waals surface area contributed by atoms with Crippen LogP contribution in [0.1, 0.15) is 15.9 Å². The van der Waals surface area contributed by atoms with E-state index in [9.17, 15) is 22.0 Å². The van der Waals surface area contributed by atoms with Gasteiger partial charge in [-0.25, -0.2) is 17.2 Å². The maximum atomic E-state index is 13.8. The van der Waals surface area contributed by atoms with Crippen molar-refractivity contribution in [1.29, 1.82) is 0 Å². The van der Waals surface area contributed by atoms with Crippen molar-refractivity contribution in [1.82, 2.24) is 0 Å². The third kappa shape index (κ3) is 4.55. The average molecular weight is 437 g/mol. The minimum atomic E-state index is -4.12. The number of amides is 1. The van der Waals surface area contributed by atoms with E-state index in [2.05, 4.69) is 10.0 Å². The number of sulfonamides is 1. The molecule has 2 N–H and O–H groups in total. The molecule has 0 unspecified atom stereocenters. The molecule has 0 aliphatic carbocycles. The molecule has 1 amide bonds. The molecule has 0 aromatic heterocycles. The molecule has 3 aromatic rings. The maximum Gasteiger partial charge on any atom is 0.263 e. The average Bonchev–Trinajstić information content (AvgIpc) is 2.66. The lowest BCUT2D eigenvalue weighted by molar-refractivity contribution is 0.102. The second kappa shape index (κ2) is 8.18. The van der Waals surface area contributed by atoms with Crippen molar-refractivity contribution in [2.75, 3.05) is 10.0 Å². The predicted molar refractivity (Wildman–Crippen MR) is 108 cm³/mol. The Hall–Kier alpha value is -2.97. The van der Waals surface area contributed by atoms with Gasteiger partial charge in [0.2, 0.25) is 0 Å². The van der Waals surface area contributed by atoms with Crippen molar-refractivity contribution in [2.45, 2.75) is 11.8 Å². The van der Waals surface area contributed by atoms with E-state index in [1.807, 2.05) is 0 Å². The van der Waals surface area contributed by atoms with E-state index in [0.29, 0.717) is 11.3 Å². The second-order valence-corrected chi connectivity index (χ2v) is 8.17. The Balaban J connectivity index is 1.93. The van der Waals surface area contributed by atoms with Crippen LogP contribution in [0.4, 0.5) is 20.2 Å². The van der Waals surface area contributed by atoms with Crippen LogP contribution in [0.3, 0.4) is 0 Å². The zero-order valence-electron chi connectivity index (χ0n) is 15.0. The Bertz CT molecular complexity index is 1180. The van der Waals surface area contributed by atoms with Gasteiger partial charge < -0.3 is 5.32 Å². The lowest BCUT2D eigenvalue weighted by atomic mass is 10.2. The first kappa shape index (κ1) is 20.8. The van der Waals surface area contributed by atoms with Gasteiger partial charge in [-0.1, -0.05) is 35.9 Å². The molecule has 0 radical (unpaired) electrons. The minimum absolute atomic E-state index is 0.111. The van der Waals surface area contributed by atoms with E-state index in [1.165, 1.54) is 12.1 Å². The Labute approximate surface area is 171 Å². The van der Waals surface area contributed by atoms with E-state index in [-0.39, 0.29) is 15.5 Å². The van der Waals surface area contributed by atoms with E-state index in [4.69, 9.17) is 11.6 Å². The molecule has 0 bridgehead atoms. The second-order valence-electron chi connectivity index (χ2n) is 6.12. The number of carbonyl (C=O) groups is 1. The highest BCUT2D eigenvalue weighted by Gasteiger charge is 2.22. The number of halogens is 3. The quantitative estimate of drug-likeness (QED) is 0.592. The number of aryl methyl sites for hydroxylation is 1. The van der Waals surface area contributed by atoms with Gasteiger partial charge in [-0.05, 0) is 48.9 Å². The van der Waals surface area contributed by atoms with Crippen molar-refractivity contribution in [2.24, 2.45) is 0 Å². The molecule has 5 nitrogen and oxygen atoms in total. The van der Waals surface area contributed by atoms with Crippen LogP contribution in [0.25, 0.3) is 0 Å². The first-order chi connectivity index (χ1) is 13.7. The summed E-state index contributed by atoms with van der Waals surface area (Å²) in [6, 6.07) is 13.4. The number of hydrogen-bond donors (Lipinski definition) is 2. The van der Waals surface area contributed by atoms with Gasteiger partial charge in [0.05, 0.1) is 10.7 Å². The van der Waals surface area contributed by atoms with Gasteiger partial charge in [0.15, 0.2) is 0 Å². The highest BCUT2D eigenvalue weighted by molar-refractivity contribution is 7.92. The van der Waals surface area contributed by atoms with E-state index in [0.717, 1.165) is 24.3 Å². The summed E-state index contributed by atoms with van der Waals surface area (Å²) >= 11 is 6.03. The van der Waals surface area contributed by atoms with Crippen LogP contribution in [0.2, 0.25) is 5.02 Å². The van der Waals surface area contributed by atoms with Crippen LogP contribution >= 0.6 is 11.6 Å². The van der Waals surface area contributed by atoms with Gasteiger partial charge in [0, 0.05) is 5.56 Å². The van der Waals surface area contributed by atoms with Crippen LogP contribution in [-0.2, 0) is 10.0 Å². The largest absolute Gasteiger partial charge is 0.317 e. The number of benzene rings is 3. The summed E-state index contributed by atoms with van der Waals surface area (Å²) < 4.78 is 55.5. The van der Waals surface area contributed by atoms with Gasteiger partial charge >= 0.3 is 0 Å². The molecule has 3 rings (SSSR count). The standard InChI is InChI=1S/C20H15ClF2N2O3S/c1-12-5-2-3-8-17(12)25-29(27,28)18-11-13(9-10-14(18)21)20(26)24-19-15(22)6-4-7-16(19)23/h2-11,25H,1H3,(H,24,26). The third-order valence-corrected chi connectivity index (χ3v) is 5.92. The van der Waals surface area contributed by atoms with Crippen LogP contribution in [0.5, 0.6) is 0 Å². The van der Waals surface area contributed by atoms with Gasteiger partial charge in [0.25, 0.3) is 15.9 Å². The summed E-state index contributed by atoms with van der Waals surface area (Å²) in [6.45, 7) is 1.73. The van der Waals surface area contributed by atoms with Crippen LogP contribution in [0, 0.1) is 18.6 Å². The Kier molecular flexibility index (Phi) is 5.86. The molecule has 0 spiro atoms. The van der Waals surface area contributed by atoms with Crippen LogP contribution < -0.4 is 10.0 Å².